The number of nitrogens with zero attached hydrogens (tertiary/aromatic N) is 2. The molecule has 0 saturated carbocycles. The van der Waals surface area contributed by atoms with Crippen molar-refractivity contribution >= 4 is 11.9 Å². The number of carbonyl (C=O) groups is 1. The zero-order valence-electron chi connectivity index (χ0n) is 17.1. The number of amides is 1. The van der Waals surface area contributed by atoms with Crippen LogP contribution in [0, 0.1) is 6.92 Å². The van der Waals surface area contributed by atoms with Crippen molar-refractivity contribution in [3.05, 3.63) is 23.7 Å². The maximum Gasteiger partial charge on any atom is 0.287 e. The summed E-state index contributed by atoms with van der Waals surface area (Å²) in [4.78, 5) is 18.8. The zero-order valence-corrected chi connectivity index (χ0v) is 17.1. The Kier molecular flexibility index (Phi) is 12.0. The molecule has 0 spiro atoms. The van der Waals surface area contributed by atoms with Crippen LogP contribution in [-0.4, -0.2) is 76.8 Å². The molecule has 27 heavy (non-hydrogen) atoms. The Balaban J connectivity index is 2.22. The molecule has 0 aliphatic rings. The van der Waals surface area contributed by atoms with Gasteiger partial charge in [-0.05, 0) is 39.8 Å². The van der Waals surface area contributed by atoms with Crippen molar-refractivity contribution in [2.24, 2.45) is 4.99 Å². The Labute approximate surface area is 162 Å². The highest BCUT2D eigenvalue weighted by molar-refractivity contribution is 5.92. The summed E-state index contributed by atoms with van der Waals surface area (Å²) in [5.41, 5.74) is 0.844. The summed E-state index contributed by atoms with van der Waals surface area (Å²) < 4.78 is 10.2. The lowest BCUT2D eigenvalue weighted by atomic mass is 10.2. The van der Waals surface area contributed by atoms with Gasteiger partial charge in [0.2, 0.25) is 0 Å². The second kappa shape index (κ2) is 14.1. The first-order valence-electron chi connectivity index (χ1n) is 9.60. The average molecular weight is 382 g/mol. The average Bonchev–Trinajstić information content (AvgIpc) is 3.07. The molecule has 1 rings (SSSR count). The molecule has 0 saturated heterocycles. The number of guanidine groups is 1. The SMILES string of the molecule is CCNC(=NCCCNC(=O)c1occc1C)NCCN(C)CCCOC. The first-order chi connectivity index (χ1) is 13.1. The topological polar surface area (TPSA) is 91.1 Å². The number of ether oxygens (including phenoxy) is 1. The van der Waals surface area contributed by atoms with Gasteiger partial charge in [-0.1, -0.05) is 0 Å². The van der Waals surface area contributed by atoms with Crippen LogP contribution >= 0.6 is 0 Å². The molecular weight excluding hydrogens is 346 g/mol. The minimum atomic E-state index is -0.178. The molecule has 8 heteroatoms. The number of nitrogens with one attached hydrogen (secondary N) is 3. The van der Waals surface area contributed by atoms with Crippen molar-refractivity contribution in [3.8, 4) is 0 Å². The van der Waals surface area contributed by atoms with Crippen LogP contribution in [0.1, 0.15) is 35.9 Å². The number of likely N-dealkylation sites (N-methyl/N-ethyl adjacent to an activating group) is 1. The number of hydrogen-bond donors (Lipinski definition) is 3. The molecule has 1 heterocycles. The maximum atomic E-state index is 11.9. The van der Waals surface area contributed by atoms with Crippen molar-refractivity contribution in [1.82, 2.24) is 20.9 Å². The molecule has 1 aromatic rings. The molecule has 0 radical (unpaired) electrons. The van der Waals surface area contributed by atoms with Gasteiger partial charge in [0.05, 0.1) is 6.26 Å². The predicted molar refractivity (Wildman–Crippen MR) is 108 cm³/mol. The van der Waals surface area contributed by atoms with Gasteiger partial charge in [-0.3, -0.25) is 9.79 Å². The largest absolute Gasteiger partial charge is 0.459 e. The first-order valence-corrected chi connectivity index (χ1v) is 9.60. The molecule has 1 amide bonds. The van der Waals surface area contributed by atoms with E-state index in [-0.39, 0.29) is 5.91 Å². The fourth-order valence-corrected chi connectivity index (χ4v) is 2.45. The summed E-state index contributed by atoms with van der Waals surface area (Å²) in [6.45, 7) is 9.46. The lowest BCUT2D eigenvalue weighted by Gasteiger charge is -2.18. The Bertz CT molecular complexity index is 559. The van der Waals surface area contributed by atoms with E-state index in [9.17, 15) is 4.79 Å². The molecule has 0 bridgehead atoms. The quantitative estimate of drug-likeness (QED) is 0.270. The number of aliphatic imine (C=N–C) groups is 1. The van der Waals surface area contributed by atoms with Crippen LogP contribution in [0.15, 0.2) is 21.7 Å². The monoisotopic (exact) mass is 381 g/mol. The molecule has 1 aromatic heterocycles. The van der Waals surface area contributed by atoms with Gasteiger partial charge >= 0.3 is 0 Å². The Morgan fingerprint density at radius 2 is 2.04 bits per heavy atom. The number of methoxy groups -OCH3 is 1. The third-order valence-electron chi connectivity index (χ3n) is 3.98. The Morgan fingerprint density at radius 1 is 1.22 bits per heavy atom. The lowest BCUT2D eigenvalue weighted by Crippen LogP contribution is -2.41. The predicted octanol–water partition coefficient (Wildman–Crippen LogP) is 1.23. The number of carbonyl (C=O) groups excluding carboxylic acids is 1. The molecule has 0 fully saturated rings. The molecule has 0 atom stereocenters. The second-order valence-corrected chi connectivity index (χ2v) is 6.38. The van der Waals surface area contributed by atoms with Gasteiger partial charge in [-0.15, -0.1) is 0 Å². The van der Waals surface area contributed by atoms with E-state index < -0.39 is 0 Å². The van der Waals surface area contributed by atoms with Gasteiger partial charge in [0.25, 0.3) is 5.91 Å². The first kappa shape index (κ1) is 23.0. The number of furan rings is 1. The minimum absolute atomic E-state index is 0.178. The third kappa shape index (κ3) is 10.0. The molecule has 0 aliphatic heterocycles. The van der Waals surface area contributed by atoms with Crippen LogP contribution in [0.25, 0.3) is 0 Å². The smallest absolute Gasteiger partial charge is 0.287 e. The van der Waals surface area contributed by atoms with Crippen LogP contribution in [0.4, 0.5) is 0 Å². The van der Waals surface area contributed by atoms with Crippen molar-refractivity contribution in [2.45, 2.75) is 26.7 Å². The molecular formula is C19H35N5O3. The molecule has 0 unspecified atom stereocenters. The third-order valence-corrected chi connectivity index (χ3v) is 3.98. The summed E-state index contributed by atoms with van der Waals surface area (Å²) in [7, 11) is 3.83. The Hall–Kier alpha value is -2.06. The number of aryl methyl sites for hydroxylation is 1. The lowest BCUT2D eigenvalue weighted by molar-refractivity contribution is 0.0925. The van der Waals surface area contributed by atoms with Crippen LogP contribution in [0.3, 0.4) is 0 Å². The highest BCUT2D eigenvalue weighted by Crippen LogP contribution is 2.07. The van der Waals surface area contributed by atoms with Gasteiger partial charge in [0, 0.05) is 58.5 Å². The normalized spacial score (nSPS) is 11.7. The van der Waals surface area contributed by atoms with E-state index in [2.05, 4.69) is 32.9 Å². The van der Waals surface area contributed by atoms with E-state index in [1.54, 1.807) is 13.2 Å². The highest BCUT2D eigenvalue weighted by atomic mass is 16.5. The standard InChI is InChI=1S/C19H35N5O3/c1-5-20-19(23-11-13-24(3)12-7-14-26-4)22-10-6-9-21-18(25)17-16(2)8-15-27-17/h8,15H,5-7,9-14H2,1-4H3,(H,21,25)(H2,20,22,23). The molecule has 8 nitrogen and oxygen atoms in total. The van der Waals surface area contributed by atoms with E-state index in [1.165, 1.54) is 6.26 Å². The Morgan fingerprint density at radius 3 is 2.70 bits per heavy atom. The maximum absolute atomic E-state index is 11.9. The van der Waals surface area contributed by atoms with Gasteiger partial charge in [-0.25, -0.2) is 0 Å². The van der Waals surface area contributed by atoms with Crippen LogP contribution < -0.4 is 16.0 Å². The molecule has 0 aromatic carbocycles. The van der Waals surface area contributed by atoms with Crippen molar-refractivity contribution in [1.29, 1.82) is 0 Å². The van der Waals surface area contributed by atoms with Gasteiger partial charge in [0.1, 0.15) is 0 Å². The molecule has 3 N–H and O–H groups in total. The fourth-order valence-electron chi connectivity index (χ4n) is 2.45. The molecule has 0 aliphatic carbocycles. The summed E-state index contributed by atoms with van der Waals surface area (Å²) in [6.07, 6.45) is 3.32. The van der Waals surface area contributed by atoms with E-state index in [0.29, 0.717) is 18.8 Å². The van der Waals surface area contributed by atoms with E-state index in [0.717, 1.165) is 57.2 Å². The molecule has 154 valence electrons. The van der Waals surface area contributed by atoms with Gasteiger partial charge in [0.15, 0.2) is 11.7 Å². The summed E-state index contributed by atoms with van der Waals surface area (Å²) in [5.74, 6) is 1.00. The number of rotatable bonds is 13. The van der Waals surface area contributed by atoms with Crippen LogP contribution in [0.2, 0.25) is 0 Å². The van der Waals surface area contributed by atoms with Crippen LogP contribution in [-0.2, 0) is 4.74 Å². The minimum Gasteiger partial charge on any atom is -0.459 e. The van der Waals surface area contributed by atoms with Crippen LogP contribution in [0.5, 0.6) is 0 Å². The van der Waals surface area contributed by atoms with Crippen molar-refractivity contribution in [3.63, 3.8) is 0 Å². The highest BCUT2D eigenvalue weighted by Gasteiger charge is 2.11. The summed E-state index contributed by atoms with van der Waals surface area (Å²) in [5, 5.41) is 9.43. The zero-order chi connectivity index (χ0) is 19.9. The van der Waals surface area contributed by atoms with Crippen molar-refractivity contribution in [2.75, 3.05) is 60.0 Å². The van der Waals surface area contributed by atoms with Gasteiger partial charge in [-0.2, -0.15) is 0 Å². The van der Waals surface area contributed by atoms with E-state index >= 15 is 0 Å². The van der Waals surface area contributed by atoms with E-state index in [4.69, 9.17) is 9.15 Å². The second-order valence-electron chi connectivity index (χ2n) is 6.38. The van der Waals surface area contributed by atoms with E-state index in [1.807, 2.05) is 13.8 Å². The van der Waals surface area contributed by atoms with Crippen molar-refractivity contribution < 1.29 is 13.9 Å². The summed E-state index contributed by atoms with van der Waals surface area (Å²) >= 11 is 0. The summed E-state index contributed by atoms with van der Waals surface area (Å²) in [6, 6.07) is 1.78. The number of hydrogen-bond acceptors (Lipinski definition) is 5. The fraction of sp³-hybridized carbons (Fsp3) is 0.684. The van der Waals surface area contributed by atoms with Gasteiger partial charge < -0.3 is 30.0 Å².